The van der Waals surface area contributed by atoms with Crippen LogP contribution < -0.4 is 5.32 Å². The van der Waals surface area contributed by atoms with Crippen LogP contribution in [-0.4, -0.2) is 23.5 Å². The van der Waals surface area contributed by atoms with Crippen molar-refractivity contribution >= 4 is 51.1 Å². The second kappa shape index (κ2) is 7.09. The number of para-hydroxylation sites is 1. The molecule has 0 aliphatic rings. The van der Waals surface area contributed by atoms with Crippen LogP contribution in [0.4, 0.5) is 5.69 Å². The zero-order valence-corrected chi connectivity index (χ0v) is 14.7. The number of anilines is 1. The average molecular weight is 381 g/mol. The number of benzene rings is 2. The molecule has 0 spiro atoms. The third kappa shape index (κ3) is 3.47. The van der Waals surface area contributed by atoms with E-state index in [9.17, 15) is 9.59 Å². The number of amides is 1. The van der Waals surface area contributed by atoms with Crippen molar-refractivity contribution in [3.63, 3.8) is 0 Å². The lowest BCUT2D eigenvalue weighted by atomic mass is 10.1. The summed E-state index contributed by atoms with van der Waals surface area (Å²) in [6.45, 7) is -0.436. The molecular formula is C20H13ClN2O4. The van der Waals surface area contributed by atoms with Crippen LogP contribution in [0, 0.1) is 0 Å². The summed E-state index contributed by atoms with van der Waals surface area (Å²) in [7, 11) is 0. The molecule has 27 heavy (non-hydrogen) atoms. The SMILES string of the molecule is O=C(COC(=O)c1cccnc1Cl)Nc1ccc2oc3ccccc3c2c1. The number of carbonyl (C=O) groups is 2. The molecule has 0 aliphatic heterocycles. The molecule has 2 aromatic carbocycles. The Labute approximate surface area is 158 Å². The first-order valence-electron chi connectivity index (χ1n) is 8.10. The summed E-state index contributed by atoms with van der Waals surface area (Å²) in [4.78, 5) is 27.9. The number of halogens is 1. The van der Waals surface area contributed by atoms with E-state index >= 15 is 0 Å². The standard InChI is InChI=1S/C20H13ClN2O4/c21-19-14(5-3-9-22-19)20(25)26-11-18(24)23-12-7-8-17-15(10-12)13-4-1-2-6-16(13)27-17/h1-10H,11H2,(H,23,24). The van der Waals surface area contributed by atoms with Gasteiger partial charge in [-0.1, -0.05) is 29.8 Å². The van der Waals surface area contributed by atoms with Crippen LogP contribution in [0.3, 0.4) is 0 Å². The lowest BCUT2D eigenvalue weighted by molar-refractivity contribution is -0.119. The molecule has 0 saturated heterocycles. The summed E-state index contributed by atoms with van der Waals surface area (Å²) in [5, 5.41) is 4.58. The summed E-state index contributed by atoms with van der Waals surface area (Å²) in [6.07, 6.45) is 1.46. The van der Waals surface area contributed by atoms with Crippen LogP contribution in [0.2, 0.25) is 5.15 Å². The van der Waals surface area contributed by atoms with Gasteiger partial charge in [0.1, 0.15) is 16.3 Å². The molecule has 0 radical (unpaired) electrons. The van der Waals surface area contributed by atoms with Crippen molar-refractivity contribution in [2.24, 2.45) is 0 Å². The molecule has 2 aromatic heterocycles. The number of fused-ring (bicyclic) bond motifs is 3. The van der Waals surface area contributed by atoms with Gasteiger partial charge in [0, 0.05) is 22.7 Å². The number of carbonyl (C=O) groups excluding carboxylic acids is 2. The van der Waals surface area contributed by atoms with Gasteiger partial charge in [-0.3, -0.25) is 4.79 Å². The molecular weight excluding hydrogens is 368 g/mol. The molecule has 134 valence electrons. The van der Waals surface area contributed by atoms with E-state index in [4.69, 9.17) is 20.8 Å². The van der Waals surface area contributed by atoms with Crippen molar-refractivity contribution < 1.29 is 18.7 Å². The number of hydrogen-bond donors (Lipinski definition) is 1. The van der Waals surface area contributed by atoms with E-state index in [1.165, 1.54) is 12.3 Å². The molecule has 0 bridgehead atoms. The van der Waals surface area contributed by atoms with E-state index in [1.807, 2.05) is 30.3 Å². The smallest absolute Gasteiger partial charge is 0.341 e. The van der Waals surface area contributed by atoms with Gasteiger partial charge in [-0.25, -0.2) is 9.78 Å². The molecule has 2 heterocycles. The Morgan fingerprint density at radius 1 is 1.04 bits per heavy atom. The summed E-state index contributed by atoms with van der Waals surface area (Å²) in [5.74, 6) is -1.17. The molecule has 1 amide bonds. The van der Waals surface area contributed by atoms with E-state index in [1.54, 1.807) is 18.2 Å². The van der Waals surface area contributed by atoms with Crippen molar-refractivity contribution in [2.45, 2.75) is 0 Å². The Morgan fingerprint density at radius 2 is 1.85 bits per heavy atom. The number of furan rings is 1. The van der Waals surface area contributed by atoms with Gasteiger partial charge < -0.3 is 14.5 Å². The van der Waals surface area contributed by atoms with Gasteiger partial charge in [-0.2, -0.15) is 0 Å². The van der Waals surface area contributed by atoms with Gasteiger partial charge in [0.05, 0.1) is 5.56 Å². The van der Waals surface area contributed by atoms with Gasteiger partial charge in [-0.05, 0) is 36.4 Å². The number of esters is 1. The monoisotopic (exact) mass is 380 g/mol. The van der Waals surface area contributed by atoms with Gasteiger partial charge in [-0.15, -0.1) is 0 Å². The molecule has 4 aromatic rings. The maximum absolute atomic E-state index is 12.1. The highest BCUT2D eigenvalue weighted by Gasteiger charge is 2.14. The van der Waals surface area contributed by atoms with Crippen LogP contribution in [0.5, 0.6) is 0 Å². The zero-order chi connectivity index (χ0) is 18.8. The van der Waals surface area contributed by atoms with Crippen LogP contribution in [0.15, 0.2) is 65.2 Å². The molecule has 7 heteroatoms. The lowest BCUT2D eigenvalue weighted by Gasteiger charge is -2.07. The number of nitrogens with one attached hydrogen (secondary N) is 1. The Balaban J connectivity index is 1.46. The minimum atomic E-state index is -0.709. The highest BCUT2D eigenvalue weighted by molar-refractivity contribution is 6.32. The van der Waals surface area contributed by atoms with Crippen molar-refractivity contribution in [2.75, 3.05) is 11.9 Å². The fourth-order valence-corrected chi connectivity index (χ4v) is 2.94. The maximum atomic E-state index is 12.1. The Hall–Kier alpha value is -3.38. The van der Waals surface area contributed by atoms with E-state index < -0.39 is 18.5 Å². The quantitative estimate of drug-likeness (QED) is 0.418. The molecule has 6 nitrogen and oxygen atoms in total. The van der Waals surface area contributed by atoms with Crippen molar-refractivity contribution in [3.05, 3.63) is 71.5 Å². The van der Waals surface area contributed by atoms with Crippen molar-refractivity contribution in [1.29, 1.82) is 0 Å². The largest absolute Gasteiger partial charge is 0.456 e. The summed E-state index contributed by atoms with van der Waals surface area (Å²) >= 11 is 5.84. The predicted octanol–water partition coefficient (Wildman–Crippen LogP) is 4.43. The highest BCUT2D eigenvalue weighted by atomic mass is 35.5. The fourth-order valence-electron chi connectivity index (χ4n) is 2.75. The molecule has 0 atom stereocenters. The lowest BCUT2D eigenvalue weighted by Crippen LogP contribution is -2.21. The summed E-state index contributed by atoms with van der Waals surface area (Å²) < 4.78 is 10.7. The number of nitrogens with zero attached hydrogens (tertiary/aromatic N) is 1. The zero-order valence-electron chi connectivity index (χ0n) is 13.9. The third-order valence-corrected chi connectivity index (χ3v) is 4.28. The molecule has 0 fully saturated rings. The fraction of sp³-hybridized carbons (Fsp3) is 0.0500. The first kappa shape index (κ1) is 17.1. The van der Waals surface area contributed by atoms with Crippen LogP contribution in [-0.2, 0) is 9.53 Å². The minimum Gasteiger partial charge on any atom is -0.456 e. The Bertz CT molecular complexity index is 1170. The topological polar surface area (TPSA) is 81.4 Å². The minimum absolute atomic E-state index is 0.0280. The number of rotatable bonds is 4. The highest BCUT2D eigenvalue weighted by Crippen LogP contribution is 2.30. The van der Waals surface area contributed by atoms with Crippen molar-refractivity contribution in [1.82, 2.24) is 4.98 Å². The van der Waals surface area contributed by atoms with E-state index in [-0.39, 0.29) is 10.7 Å². The van der Waals surface area contributed by atoms with E-state index in [0.29, 0.717) is 5.69 Å². The summed E-state index contributed by atoms with van der Waals surface area (Å²) in [5.41, 5.74) is 2.19. The first-order chi connectivity index (χ1) is 13.1. The number of pyridine rings is 1. The Kier molecular flexibility index (Phi) is 4.48. The number of ether oxygens (including phenoxy) is 1. The van der Waals surface area contributed by atoms with Crippen molar-refractivity contribution in [3.8, 4) is 0 Å². The molecule has 0 unspecified atom stereocenters. The number of hydrogen-bond acceptors (Lipinski definition) is 5. The summed E-state index contributed by atoms with van der Waals surface area (Å²) in [6, 6.07) is 16.0. The Morgan fingerprint density at radius 3 is 2.70 bits per heavy atom. The van der Waals surface area contributed by atoms with E-state index in [0.717, 1.165) is 21.9 Å². The molecule has 1 N–H and O–H groups in total. The number of aromatic nitrogens is 1. The van der Waals surface area contributed by atoms with Gasteiger partial charge in [0.25, 0.3) is 5.91 Å². The van der Waals surface area contributed by atoms with Crippen LogP contribution in [0.1, 0.15) is 10.4 Å². The second-order valence-corrected chi connectivity index (χ2v) is 6.13. The normalized spacial score (nSPS) is 10.9. The molecule has 4 rings (SSSR count). The van der Waals surface area contributed by atoms with Gasteiger partial charge in [0.15, 0.2) is 6.61 Å². The van der Waals surface area contributed by atoms with Gasteiger partial charge >= 0.3 is 5.97 Å². The third-order valence-electron chi connectivity index (χ3n) is 3.97. The maximum Gasteiger partial charge on any atom is 0.341 e. The van der Waals surface area contributed by atoms with E-state index in [2.05, 4.69) is 10.3 Å². The first-order valence-corrected chi connectivity index (χ1v) is 8.48. The van der Waals surface area contributed by atoms with Crippen LogP contribution >= 0.6 is 11.6 Å². The van der Waals surface area contributed by atoms with Crippen LogP contribution in [0.25, 0.3) is 21.9 Å². The second-order valence-electron chi connectivity index (χ2n) is 5.78. The van der Waals surface area contributed by atoms with Gasteiger partial charge in [0.2, 0.25) is 0 Å². The molecule has 0 saturated carbocycles. The average Bonchev–Trinajstić information content (AvgIpc) is 3.04. The predicted molar refractivity (Wildman–Crippen MR) is 102 cm³/mol. The molecule has 0 aliphatic carbocycles.